The lowest BCUT2D eigenvalue weighted by atomic mass is 10.3. The van der Waals surface area contributed by atoms with Crippen LogP contribution in [0.4, 0.5) is 0 Å². The fourth-order valence-corrected chi connectivity index (χ4v) is 2.45. The smallest absolute Gasteiger partial charge is 0.328 e. The first-order valence-electron chi connectivity index (χ1n) is 6.75. The van der Waals surface area contributed by atoms with Crippen molar-refractivity contribution in [3.63, 3.8) is 0 Å². The van der Waals surface area contributed by atoms with Gasteiger partial charge in [0.15, 0.2) is 0 Å². The van der Waals surface area contributed by atoms with E-state index in [4.69, 9.17) is 0 Å². The zero-order valence-corrected chi connectivity index (χ0v) is 13.1. The molecule has 2 heterocycles. The van der Waals surface area contributed by atoms with Crippen molar-refractivity contribution < 1.29 is 4.79 Å². The lowest BCUT2D eigenvalue weighted by molar-refractivity contribution is -0.121. The van der Waals surface area contributed by atoms with Crippen molar-refractivity contribution in [1.29, 1.82) is 0 Å². The van der Waals surface area contributed by atoms with Crippen LogP contribution in [0.1, 0.15) is 0 Å². The maximum absolute atomic E-state index is 11.8. The Balaban J connectivity index is 1.80. The van der Waals surface area contributed by atoms with Gasteiger partial charge in [0, 0.05) is 45.5 Å². The molecular weight excluding hydrogens is 342 g/mol. The topological polar surface area (TPSA) is 99.2 Å². The number of hydrogen-bond acceptors (Lipinski definition) is 5. The Morgan fingerprint density at radius 2 is 2.05 bits per heavy atom. The standard InChI is InChI=1S/C12H18BrN5O3/c13-9-7-18(12(21)16-11(9)20)8-10(19)15-3-6-17-4-1-14-2-5-17/h7,14H,1-6,8H2,(H,15,19)(H,16,20,21). The fraction of sp³-hybridized carbons (Fsp3) is 0.583. The summed E-state index contributed by atoms with van der Waals surface area (Å²) in [7, 11) is 0. The molecule has 0 saturated carbocycles. The van der Waals surface area contributed by atoms with Gasteiger partial charge in [0.25, 0.3) is 5.56 Å². The number of carbonyl (C=O) groups excluding carboxylic acids is 1. The molecule has 1 fully saturated rings. The number of aromatic nitrogens is 2. The zero-order chi connectivity index (χ0) is 15.2. The molecule has 0 radical (unpaired) electrons. The fourth-order valence-electron chi connectivity index (χ4n) is 2.10. The third kappa shape index (κ3) is 4.80. The maximum Gasteiger partial charge on any atom is 0.328 e. The van der Waals surface area contributed by atoms with E-state index in [9.17, 15) is 14.4 Å². The molecule has 0 bridgehead atoms. The maximum atomic E-state index is 11.8. The van der Waals surface area contributed by atoms with Crippen LogP contribution in [0.2, 0.25) is 0 Å². The zero-order valence-electron chi connectivity index (χ0n) is 11.5. The number of carbonyl (C=O) groups is 1. The average Bonchev–Trinajstić information content (AvgIpc) is 2.46. The van der Waals surface area contributed by atoms with Gasteiger partial charge in [-0.15, -0.1) is 0 Å². The van der Waals surface area contributed by atoms with Gasteiger partial charge in [-0.25, -0.2) is 4.79 Å². The molecule has 1 aromatic rings. The van der Waals surface area contributed by atoms with Crippen LogP contribution in [0.15, 0.2) is 20.3 Å². The van der Waals surface area contributed by atoms with Gasteiger partial charge < -0.3 is 10.6 Å². The van der Waals surface area contributed by atoms with E-state index in [0.29, 0.717) is 6.54 Å². The molecule has 0 atom stereocenters. The summed E-state index contributed by atoms with van der Waals surface area (Å²) in [6.45, 7) is 5.10. The van der Waals surface area contributed by atoms with Crippen LogP contribution in [0.5, 0.6) is 0 Å². The summed E-state index contributed by atoms with van der Waals surface area (Å²) in [5.41, 5.74) is -1.10. The van der Waals surface area contributed by atoms with Crippen LogP contribution in [0, 0.1) is 0 Å². The number of piperazine rings is 1. The summed E-state index contributed by atoms with van der Waals surface area (Å²) in [6, 6.07) is 0. The molecule has 0 aliphatic carbocycles. The van der Waals surface area contributed by atoms with Crippen molar-refractivity contribution in [2.24, 2.45) is 0 Å². The van der Waals surface area contributed by atoms with Crippen LogP contribution < -0.4 is 21.9 Å². The van der Waals surface area contributed by atoms with E-state index in [-0.39, 0.29) is 16.9 Å². The molecule has 1 aromatic heterocycles. The van der Waals surface area contributed by atoms with Gasteiger partial charge in [0.1, 0.15) is 6.54 Å². The number of aromatic amines is 1. The Kier molecular flexibility index (Phi) is 5.71. The van der Waals surface area contributed by atoms with Gasteiger partial charge in [-0.2, -0.15) is 0 Å². The predicted octanol–water partition coefficient (Wildman–Crippen LogP) is -1.68. The van der Waals surface area contributed by atoms with E-state index in [1.54, 1.807) is 0 Å². The van der Waals surface area contributed by atoms with Crippen molar-refractivity contribution in [3.05, 3.63) is 31.5 Å². The summed E-state index contributed by atoms with van der Waals surface area (Å²) in [5, 5.41) is 6.03. The highest BCUT2D eigenvalue weighted by Gasteiger charge is 2.10. The van der Waals surface area contributed by atoms with Crippen molar-refractivity contribution >= 4 is 21.8 Å². The van der Waals surface area contributed by atoms with Crippen molar-refractivity contribution in [3.8, 4) is 0 Å². The molecule has 1 aliphatic heterocycles. The molecular formula is C12H18BrN5O3. The normalized spacial score (nSPS) is 15.9. The summed E-state index contributed by atoms with van der Waals surface area (Å²) in [5.74, 6) is -0.258. The number of halogens is 1. The van der Waals surface area contributed by atoms with Gasteiger partial charge in [0.05, 0.1) is 4.47 Å². The minimum absolute atomic E-state index is 0.115. The van der Waals surface area contributed by atoms with Gasteiger partial charge >= 0.3 is 5.69 Å². The highest BCUT2D eigenvalue weighted by Crippen LogP contribution is 1.97. The van der Waals surface area contributed by atoms with Crippen molar-refractivity contribution in [1.82, 2.24) is 25.1 Å². The second kappa shape index (κ2) is 7.53. The Hall–Kier alpha value is -1.45. The van der Waals surface area contributed by atoms with Gasteiger partial charge in [-0.05, 0) is 15.9 Å². The molecule has 116 valence electrons. The first-order chi connectivity index (χ1) is 10.1. The molecule has 1 saturated heterocycles. The average molecular weight is 360 g/mol. The number of hydrogen-bond donors (Lipinski definition) is 3. The summed E-state index contributed by atoms with van der Waals surface area (Å²) < 4.78 is 1.38. The number of rotatable bonds is 5. The summed E-state index contributed by atoms with van der Waals surface area (Å²) in [4.78, 5) is 38.9. The van der Waals surface area contributed by atoms with E-state index in [1.807, 2.05) is 0 Å². The molecule has 8 nitrogen and oxygen atoms in total. The third-order valence-corrected chi connectivity index (χ3v) is 3.81. The van der Waals surface area contributed by atoms with Crippen LogP contribution in [-0.2, 0) is 11.3 Å². The van der Waals surface area contributed by atoms with Crippen molar-refractivity contribution in [2.45, 2.75) is 6.54 Å². The minimum atomic E-state index is -0.597. The van der Waals surface area contributed by atoms with E-state index < -0.39 is 11.2 Å². The van der Waals surface area contributed by atoms with Crippen molar-refractivity contribution in [2.75, 3.05) is 39.3 Å². The van der Waals surface area contributed by atoms with E-state index >= 15 is 0 Å². The Morgan fingerprint density at radius 3 is 2.76 bits per heavy atom. The van der Waals surface area contributed by atoms with Crippen LogP contribution >= 0.6 is 15.9 Å². The second-order valence-corrected chi connectivity index (χ2v) is 5.66. The van der Waals surface area contributed by atoms with E-state index in [0.717, 1.165) is 37.3 Å². The molecule has 3 N–H and O–H groups in total. The number of amides is 1. The summed E-state index contributed by atoms with van der Waals surface area (Å²) in [6.07, 6.45) is 1.32. The molecule has 0 aromatic carbocycles. The summed E-state index contributed by atoms with van der Waals surface area (Å²) >= 11 is 3.03. The number of H-pyrrole nitrogens is 1. The molecule has 9 heteroatoms. The molecule has 21 heavy (non-hydrogen) atoms. The lowest BCUT2D eigenvalue weighted by Gasteiger charge is -2.27. The number of nitrogens with zero attached hydrogens (tertiary/aromatic N) is 2. The van der Waals surface area contributed by atoms with Gasteiger partial charge in [0.2, 0.25) is 5.91 Å². The first-order valence-corrected chi connectivity index (χ1v) is 7.54. The monoisotopic (exact) mass is 359 g/mol. The molecule has 1 aliphatic rings. The van der Waals surface area contributed by atoms with Crippen LogP contribution in [0.3, 0.4) is 0 Å². The molecule has 2 rings (SSSR count). The van der Waals surface area contributed by atoms with Gasteiger partial charge in [-0.1, -0.05) is 0 Å². The van der Waals surface area contributed by atoms with Gasteiger partial charge in [-0.3, -0.25) is 24.0 Å². The Labute approximate surface area is 129 Å². The minimum Gasteiger partial charge on any atom is -0.353 e. The number of nitrogens with one attached hydrogen (secondary N) is 3. The van der Waals surface area contributed by atoms with Crippen LogP contribution in [-0.4, -0.2) is 59.6 Å². The quantitative estimate of drug-likeness (QED) is 0.583. The van der Waals surface area contributed by atoms with E-state index in [1.165, 1.54) is 6.20 Å². The Bertz CT molecular complexity index is 606. The highest BCUT2D eigenvalue weighted by atomic mass is 79.9. The van der Waals surface area contributed by atoms with Crippen LogP contribution in [0.25, 0.3) is 0 Å². The Morgan fingerprint density at radius 1 is 1.33 bits per heavy atom. The molecule has 1 amide bonds. The van der Waals surface area contributed by atoms with E-state index in [2.05, 4.69) is 36.4 Å². The first kappa shape index (κ1) is 15.9. The SMILES string of the molecule is O=C(Cn1cc(Br)c(=O)[nH]c1=O)NCCN1CCNCC1. The molecule has 0 spiro atoms. The molecule has 0 unspecified atom stereocenters. The largest absolute Gasteiger partial charge is 0.353 e. The second-order valence-electron chi connectivity index (χ2n) is 4.81. The highest BCUT2D eigenvalue weighted by molar-refractivity contribution is 9.10. The third-order valence-electron chi connectivity index (χ3n) is 3.24. The lowest BCUT2D eigenvalue weighted by Crippen LogP contribution is -2.46. The predicted molar refractivity (Wildman–Crippen MR) is 81.3 cm³/mol.